The van der Waals surface area contributed by atoms with Crippen molar-refractivity contribution >= 4 is 64.7 Å². The predicted octanol–water partition coefficient (Wildman–Crippen LogP) is -7.83. The summed E-state index contributed by atoms with van der Waals surface area (Å²) in [6.45, 7) is 0. The Morgan fingerprint density at radius 1 is 0.784 bits per heavy atom. The molecule has 0 amide bonds. The molecule has 0 fully saturated rings. The molecule has 0 aliphatic heterocycles. The molecule has 0 aliphatic rings. The van der Waals surface area contributed by atoms with Gasteiger partial charge in [-0.2, -0.15) is 4.33 Å². The smallest absolute Gasteiger partial charge is 0.744 e. The number of hydrogen-bond acceptors (Lipinski definition) is 10. The molecule has 3 rings (SSSR count). The van der Waals surface area contributed by atoms with Crippen molar-refractivity contribution in [1.29, 1.82) is 0 Å². The molecule has 0 saturated carbocycles. The Hall–Kier alpha value is 1.57. The van der Waals surface area contributed by atoms with Crippen LogP contribution in [-0.2, 0) is 29.6 Å². The molecule has 0 radical (unpaired) electrons. The Labute approximate surface area is 289 Å². The first-order chi connectivity index (χ1) is 16.1. The van der Waals surface area contributed by atoms with Crippen molar-refractivity contribution in [2.24, 2.45) is 0 Å². The monoisotopic (exact) mass is 628 g/mol. The van der Waals surface area contributed by atoms with E-state index in [4.69, 9.17) is 0 Å². The Morgan fingerprint density at radius 3 is 1.78 bits per heavy atom. The summed E-state index contributed by atoms with van der Waals surface area (Å²) in [5, 5.41) is 15.5. The zero-order valence-electron chi connectivity index (χ0n) is 20.2. The van der Waals surface area contributed by atoms with Gasteiger partial charge in [0.25, 0.3) is 0 Å². The number of hydrogen-bond donors (Lipinski definition) is 0. The largest absolute Gasteiger partial charge is 1.00 e. The first-order valence-corrected chi connectivity index (χ1v) is 15.7. The molecule has 0 spiro atoms. The van der Waals surface area contributed by atoms with Gasteiger partial charge in [0.1, 0.15) is 20.2 Å². The van der Waals surface area contributed by atoms with Crippen molar-refractivity contribution in [2.45, 2.75) is 14.7 Å². The van der Waals surface area contributed by atoms with Crippen molar-refractivity contribution in [3.63, 3.8) is 0 Å². The topological polar surface area (TPSA) is 156 Å². The molecule has 37 heavy (non-hydrogen) atoms. The van der Waals surface area contributed by atoms with E-state index in [-0.39, 0.29) is 98.5 Å². The minimum absolute atomic E-state index is 0. The van der Waals surface area contributed by atoms with Gasteiger partial charge in [0.2, 0.25) is 0 Å². The maximum Gasteiger partial charge on any atom is 1.00 e. The molecular formula is C20H17Na3O9P2S3. The van der Waals surface area contributed by atoms with Gasteiger partial charge in [0.05, 0.1) is 21.8 Å². The Balaban J connectivity index is 0.00000432. The summed E-state index contributed by atoms with van der Waals surface area (Å²) in [4.78, 5) is -0.0828. The van der Waals surface area contributed by atoms with Crippen LogP contribution in [0.1, 0.15) is 0 Å². The first-order valence-electron chi connectivity index (χ1n) is 9.44. The second-order valence-electron chi connectivity index (χ2n) is 6.73. The average Bonchev–Trinajstić information content (AvgIpc) is 2.80. The summed E-state index contributed by atoms with van der Waals surface area (Å²) < 4.78 is 73.5. The molecule has 0 bridgehead atoms. The molecule has 3 aromatic carbocycles. The van der Waals surface area contributed by atoms with E-state index in [2.05, 4.69) is 9.37 Å². The molecule has 9 nitrogen and oxygen atoms in total. The van der Waals surface area contributed by atoms with E-state index in [0.717, 1.165) is 17.3 Å². The zero-order chi connectivity index (χ0) is 24.8. The van der Waals surface area contributed by atoms with Crippen LogP contribution in [0.2, 0.25) is 0 Å². The van der Waals surface area contributed by atoms with E-state index in [1.165, 1.54) is 36.4 Å². The molecule has 3 aromatic rings. The van der Waals surface area contributed by atoms with Crippen molar-refractivity contribution in [3.8, 4) is 0 Å². The van der Waals surface area contributed by atoms with Crippen molar-refractivity contribution < 1.29 is 129 Å². The average molecular weight is 628 g/mol. The summed E-state index contributed by atoms with van der Waals surface area (Å²) in [6, 6.07) is 18.6. The molecule has 0 aliphatic carbocycles. The van der Waals surface area contributed by atoms with E-state index in [1.54, 1.807) is 24.3 Å². The summed E-state index contributed by atoms with van der Waals surface area (Å²) in [6.07, 6.45) is 1.19. The van der Waals surface area contributed by atoms with Crippen LogP contribution in [0.4, 0.5) is 0 Å². The van der Waals surface area contributed by atoms with Crippen LogP contribution in [0.15, 0.2) is 87.5 Å². The minimum atomic E-state index is -4.68. The third-order valence-corrected chi connectivity index (χ3v) is 10.8. The van der Waals surface area contributed by atoms with Crippen LogP contribution in [0, 0.1) is 0 Å². The van der Waals surface area contributed by atoms with Gasteiger partial charge < -0.3 is 14.4 Å². The standard InChI is InChI=1S/C20H20O9P2S3.3Na/c21-28-29-32-18-7-1-4-15(12-18)30-10-11-31(16-5-2-8-19(13-16)33(22,23)24)17-6-3-9-20(14-17)34(25,26)27;;;/h1-9,12-14,21,30H,10-11H2,(H,22,23,24)(H,25,26,27);;;/q;3*+1/p-3. The fraction of sp³-hybridized carbons (Fsp3) is 0.100. The number of benzene rings is 3. The van der Waals surface area contributed by atoms with E-state index < -0.39 is 28.2 Å². The van der Waals surface area contributed by atoms with Gasteiger partial charge >= 0.3 is 88.7 Å². The van der Waals surface area contributed by atoms with Gasteiger partial charge in [0.15, 0.2) is 0 Å². The molecule has 0 N–H and O–H groups in total. The van der Waals surface area contributed by atoms with E-state index in [0.29, 0.717) is 36.4 Å². The molecule has 0 heterocycles. The van der Waals surface area contributed by atoms with E-state index >= 15 is 0 Å². The summed E-state index contributed by atoms with van der Waals surface area (Å²) >= 11 is 0.777. The van der Waals surface area contributed by atoms with Gasteiger partial charge in [-0.05, 0) is 72.6 Å². The Morgan fingerprint density at radius 2 is 1.30 bits per heavy atom. The normalized spacial score (nSPS) is 11.6. The van der Waals surface area contributed by atoms with Crippen LogP contribution < -0.4 is 110 Å². The Bertz CT molecular complexity index is 1290. The van der Waals surface area contributed by atoms with Gasteiger partial charge in [-0.15, -0.1) is 0 Å². The third kappa shape index (κ3) is 12.5. The SMILES string of the molecule is O=S(=O)([O-])c1cccc(P(CCPc2cccc(SOO[O-])c2)c2cccc(S(=O)(=O)[O-])c2)c1.[Na+].[Na+].[Na+]. The maximum atomic E-state index is 11.5. The van der Waals surface area contributed by atoms with Crippen LogP contribution >= 0.6 is 28.5 Å². The third-order valence-electron chi connectivity index (χ3n) is 4.49. The molecule has 0 saturated heterocycles. The van der Waals surface area contributed by atoms with Gasteiger partial charge in [0, 0.05) is 4.90 Å². The fourth-order valence-electron chi connectivity index (χ4n) is 3.04. The van der Waals surface area contributed by atoms with E-state index in [1.807, 2.05) is 12.1 Å². The predicted molar refractivity (Wildman–Crippen MR) is 127 cm³/mol. The second kappa shape index (κ2) is 18.2. The first kappa shape index (κ1) is 38.6. The zero-order valence-corrected chi connectivity index (χ0v) is 30.5. The van der Waals surface area contributed by atoms with Gasteiger partial charge in [-0.3, -0.25) is 5.04 Å². The van der Waals surface area contributed by atoms with Crippen LogP contribution in [0.5, 0.6) is 0 Å². The van der Waals surface area contributed by atoms with Crippen LogP contribution in [0.25, 0.3) is 0 Å². The van der Waals surface area contributed by atoms with Gasteiger partial charge in [-0.25, -0.2) is 16.8 Å². The minimum Gasteiger partial charge on any atom is -0.744 e. The van der Waals surface area contributed by atoms with Crippen molar-refractivity contribution in [1.82, 2.24) is 0 Å². The molecule has 1 atom stereocenters. The molecular weight excluding hydrogens is 611 g/mol. The molecule has 0 aromatic heterocycles. The van der Waals surface area contributed by atoms with Crippen molar-refractivity contribution in [3.05, 3.63) is 72.8 Å². The molecule has 1 unspecified atom stereocenters. The summed E-state index contributed by atoms with van der Waals surface area (Å²) in [5.41, 5.74) is 0. The van der Waals surface area contributed by atoms with E-state index in [9.17, 15) is 31.2 Å². The summed E-state index contributed by atoms with van der Waals surface area (Å²) in [5.74, 6) is 0. The Kier molecular flexibility index (Phi) is 19.0. The van der Waals surface area contributed by atoms with Crippen LogP contribution in [0.3, 0.4) is 0 Å². The fourth-order valence-corrected chi connectivity index (χ4v) is 8.81. The maximum absolute atomic E-state index is 11.5. The molecule has 17 heteroatoms. The molecule has 182 valence electrons. The van der Waals surface area contributed by atoms with Crippen molar-refractivity contribution in [2.75, 3.05) is 12.3 Å². The second-order valence-corrected chi connectivity index (χ2v) is 14.0. The summed E-state index contributed by atoms with van der Waals surface area (Å²) in [7, 11) is -10.3. The van der Waals surface area contributed by atoms with Gasteiger partial charge in [-0.1, -0.05) is 45.0 Å². The number of rotatable bonds is 11. The van der Waals surface area contributed by atoms with Crippen LogP contribution in [-0.4, -0.2) is 38.3 Å². The quantitative estimate of drug-likeness (QED) is 0.0500.